The Labute approximate surface area is 176 Å². The summed E-state index contributed by atoms with van der Waals surface area (Å²) in [6, 6.07) is 5.36. The van der Waals surface area contributed by atoms with Gasteiger partial charge >= 0.3 is 12.1 Å². The van der Waals surface area contributed by atoms with Crippen LogP contribution in [0.4, 0.5) is 4.79 Å². The molecule has 2 heterocycles. The Morgan fingerprint density at radius 1 is 1.27 bits per heavy atom. The molecule has 0 N–H and O–H groups in total. The van der Waals surface area contributed by atoms with Gasteiger partial charge in [0, 0.05) is 17.5 Å². The highest BCUT2D eigenvalue weighted by Gasteiger charge is 2.28. The number of nitrogens with zero attached hydrogens (tertiary/aromatic N) is 1. The van der Waals surface area contributed by atoms with Gasteiger partial charge in [-0.2, -0.15) is 0 Å². The maximum absolute atomic E-state index is 12.3. The van der Waals surface area contributed by atoms with E-state index in [1.807, 2.05) is 33.8 Å². The molecular weight excluding hydrogens is 390 g/mol. The number of ether oxygens (including phenoxy) is 4. The van der Waals surface area contributed by atoms with Crippen LogP contribution < -0.4 is 4.74 Å². The molecule has 1 aliphatic rings. The van der Waals surface area contributed by atoms with E-state index in [-0.39, 0.29) is 31.2 Å². The number of benzene rings is 1. The highest BCUT2D eigenvalue weighted by atomic mass is 16.6. The van der Waals surface area contributed by atoms with Gasteiger partial charge in [0.05, 0.1) is 19.8 Å². The van der Waals surface area contributed by atoms with Gasteiger partial charge in [-0.15, -0.1) is 0 Å². The van der Waals surface area contributed by atoms with E-state index < -0.39 is 11.6 Å². The average molecular weight is 419 g/mol. The van der Waals surface area contributed by atoms with Crippen LogP contribution >= 0.6 is 0 Å². The molecule has 1 unspecified atom stereocenters. The van der Waals surface area contributed by atoms with E-state index in [2.05, 4.69) is 0 Å². The molecule has 8 heteroatoms. The van der Waals surface area contributed by atoms with Crippen molar-refractivity contribution in [1.29, 1.82) is 0 Å². The molecule has 1 amide bonds. The molecule has 3 rings (SSSR count). The van der Waals surface area contributed by atoms with Gasteiger partial charge in [-0.05, 0) is 52.8 Å². The van der Waals surface area contributed by atoms with Crippen LogP contribution in [-0.4, -0.2) is 61.6 Å². The number of hydrogen-bond acceptors (Lipinski definition) is 7. The molecule has 2 aromatic rings. The molecule has 0 bridgehead atoms. The first-order valence-electron chi connectivity index (χ1n) is 10.1. The van der Waals surface area contributed by atoms with Crippen molar-refractivity contribution in [2.24, 2.45) is 0 Å². The number of carbonyl (C=O) groups is 2. The second-order valence-corrected chi connectivity index (χ2v) is 8.16. The second-order valence-electron chi connectivity index (χ2n) is 8.16. The third-order valence-electron chi connectivity index (χ3n) is 4.59. The Morgan fingerprint density at radius 2 is 2.03 bits per heavy atom. The standard InChI is InChI=1S/C22H29NO7/c1-6-26-20(24)19-14(2)17-11-15(7-8-18(17)29-19)28-13-16-12-23(9-10-27-16)21(25)30-22(3,4)5/h7-8,11,16H,6,9-10,12-13H2,1-5H3. The van der Waals surface area contributed by atoms with Gasteiger partial charge in [0.15, 0.2) is 0 Å². The minimum atomic E-state index is -0.540. The molecule has 1 fully saturated rings. The first kappa shape index (κ1) is 22.0. The monoisotopic (exact) mass is 419 g/mol. The van der Waals surface area contributed by atoms with Crippen molar-refractivity contribution < 1.29 is 33.0 Å². The summed E-state index contributed by atoms with van der Waals surface area (Å²) in [5, 5.41) is 0.787. The van der Waals surface area contributed by atoms with Crippen LogP contribution in [0.15, 0.2) is 22.6 Å². The molecule has 0 aliphatic carbocycles. The summed E-state index contributed by atoms with van der Waals surface area (Å²) in [5.41, 5.74) is 0.758. The smallest absolute Gasteiger partial charge is 0.410 e. The molecule has 8 nitrogen and oxygen atoms in total. The lowest BCUT2D eigenvalue weighted by Gasteiger charge is -2.34. The number of morpholine rings is 1. The van der Waals surface area contributed by atoms with Gasteiger partial charge in [0.1, 0.15) is 29.6 Å². The van der Waals surface area contributed by atoms with Crippen LogP contribution in [0.1, 0.15) is 43.8 Å². The molecule has 1 aliphatic heterocycles. The summed E-state index contributed by atoms with van der Waals surface area (Å²) in [6.07, 6.45) is -0.611. The predicted octanol–water partition coefficient (Wildman–Crippen LogP) is 3.93. The Kier molecular flexibility index (Phi) is 6.55. The normalized spacial score (nSPS) is 17.1. The van der Waals surface area contributed by atoms with Crippen molar-refractivity contribution in [3.63, 3.8) is 0 Å². The van der Waals surface area contributed by atoms with Crippen molar-refractivity contribution in [2.45, 2.75) is 46.3 Å². The summed E-state index contributed by atoms with van der Waals surface area (Å²) < 4.78 is 27.7. The lowest BCUT2D eigenvalue weighted by molar-refractivity contribution is -0.0557. The molecular formula is C22H29NO7. The third-order valence-corrected chi connectivity index (χ3v) is 4.59. The van der Waals surface area contributed by atoms with E-state index in [4.69, 9.17) is 23.4 Å². The van der Waals surface area contributed by atoms with Crippen LogP contribution in [0.2, 0.25) is 0 Å². The minimum Gasteiger partial charge on any atom is -0.491 e. The van der Waals surface area contributed by atoms with E-state index in [1.54, 1.807) is 24.0 Å². The van der Waals surface area contributed by atoms with Crippen LogP contribution in [0.5, 0.6) is 5.75 Å². The molecule has 1 atom stereocenters. The molecule has 0 spiro atoms. The average Bonchev–Trinajstić information content (AvgIpc) is 3.02. The second kappa shape index (κ2) is 8.95. The summed E-state index contributed by atoms with van der Waals surface area (Å²) >= 11 is 0. The van der Waals surface area contributed by atoms with Crippen LogP contribution in [0.3, 0.4) is 0 Å². The SMILES string of the molecule is CCOC(=O)c1oc2ccc(OCC3CN(C(=O)OC(C)(C)C)CCO3)cc2c1C. The highest BCUT2D eigenvalue weighted by molar-refractivity contribution is 5.96. The van der Waals surface area contributed by atoms with Crippen molar-refractivity contribution in [1.82, 2.24) is 4.90 Å². The molecule has 1 saturated heterocycles. The van der Waals surface area contributed by atoms with Gasteiger partial charge in [0.2, 0.25) is 5.76 Å². The first-order valence-corrected chi connectivity index (χ1v) is 10.1. The fourth-order valence-corrected chi connectivity index (χ4v) is 3.18. The number of carbonyl (C=O) groups excluding carboxylic acids is 2. The largest absolute Gasteiger partial charge is 0.491 e. The number of amides is 1. The lowest BCUT2D eigenvalue weighted by Crippen LogP contribution is -2.49. The predicted molar refractivity (Wildman–Crippen MR) is 110 cm³/mol. The fourth-order valence-electron chi connectivity index (χ4n) is 3.18. The van der Waals surface area contributed by atoms with Gasteiger partial charge in [-0.3, -0.25) is 0 Å². The number of esters is 1. The summed E-state index contributed by atoms with van der Waals surface area (Å²) in [4.78, 5) is 25.9. The van der Waals surface area contributed by atoms with Gasteiger partial charge in [0.25, 0.3) is 0 Å². The third kappa shape index (κ3) is 5.24. The molecule has 1 aromatic carbocycles. The van der Waals surface area contributed by atoms with E-state index in [9.17, 15) is 9.59 Å². The number of rotatable bonds is 5. The maximum Gasteiger partial charge on any atom is 0.410 e. The molecule has 1 aromatic heterocycles. The minimum absolute atomic E-state index is 0.201. The summed E-state index contributed by atoms with van der Waals surface area (Å²) in [7, 11) is 0. The Morgan fingerprint density at radius 3 is 2.73 bits per heavy atom. The maximum atomic E-state index is 12.3. The van der Waals surface area contributed by atoms with Crippen LogP contribution in [-0.2, 0) is 14.2 Å². The van der Waals surface area contributed by atoms with Crippen molar-refractivity contribution in [3.8, 4) is 5.75 Å². The van der Waals surface area contributed by atoms with E-state index in [0.717, 1.165) is 5.39 Å². The van der Waals surface area contributed by atoms with E-state index in [1.165, 1.54) is 0 Å². The van der Waals surface area contributed by atoms with E-state index in [0.29, 0.717) is 36.6 Å². The number of aryl methyl sites for hydroxylation is 1. The quantitative estimate of drug-likeness (QED) is 0.679. The zero-order valence-electron chi connectivity index (χ0n) is 18.1. The Bertz CT molecular complexity index is 912. The number of fused-ring (bicyclic) bond motifs is 1. The van der Waals surface area contributed by atoms with Crippen molar-refractivity contribution in [2.75, 3.05) is 32.9 Å². The molecule has 30 heavy (non-hydrogen) atoms. The summed E-state index contributed by atoms with van der Waals surface area (Å²) in [5.74, 6) is 0.346. The number of furan rings is 1. The number of hydrogen-bond donors (Lipinski definition) is 0. The molecule has 164 valence electrons. The molecule has 0 radical (unpaired) electrons. The van der Waals surface area contributed by atoms with Crippen LogP contribution in [0.25, 0.3) is 11.0 Å². The lowest BCUT2D eigenvalue weighted by atomic mass is 10.1. The zero-order chi connectivity index (χ0) is 21.9. The van der Waals surface area contributed by atoms with Gasteiger partial charge in [-0.1, -0.05) is 0 Å². The van der Waals surface area contributed by atoms with Crippen LogP contribution in [0, 0.1) is 6.92 Å². The van der Waals surface area contributed by atoms with Crippen molar-refractivity contribution >= 4 is 23.0 Å². The van der Waals surface area contributed by atoms with Gasteiger partial charge in [-0.25, -0.2) is 9.59 Å². The fraction of sp³-hybridized carbons (Fsp3) is 0.545. The zero-order valence-corrected chi connectivity index (χ0v) is 18.1. The Hall–Kier alpha value is -2.74. The topological polar surface area (TPSA) is 87.4 Å². The van der Waals surface area contributed by atoms with Crippen molar-refractivity contribution in [3.05, 3.63) is 29.5 Å². The molecule has 0 saturated carbocycles. The Balaban J connectivity index is 1.63. The summed E-state index contributed by atoms with van der Waals surface area (Å²) in [6.45, 7) is 11.0. The van der Waals surface area contributed by atoms with E-state index >= 15 is 0 Å². The first-order chi connectivity index (χ1) is 14.2. The highest BCUT2D eigenvalue weighted by Crippen LogP contribution is 2.29. The van der Waals surface area contributed by atoms with Gasteiger partial charge < -0.3 is 28.3 Å².